The molecule has 2 fully saturated rings. The van der Waals surface area contributed by atoms with E-state index in [1.54, 1.807) is 0 Å². The molecule has 1 aliphatic heterocycles. The molecule has 1 aliphatic carbocycles. The number of hydrogen-bond donors (Lipinski definition) is 2. The largest absolute Gasteiger partial charge is 0.353 e. The summed E-state index contributed by atoms with van der Waals surface area (Å²) in [7, 11) is 0. The first kappa shape index (κ1) is 9.00. The van der Waals surface area contributed by atoms with Crippen LogP contribution < -0.4 is 11.1 Å². The maximum absolute atomic E-state index is 11.1. The van der Waals surface area contributed by atoms with Crippen molar-refractivity contribution < 1.29 is 4.79 Å². The molecule has 0 aromatic carbocycles. The summed E-state index contributed by atoms with van der Waals surface area (Å²) < 4.78 is 0. The Morgan fingerprint density at radius 2 is 2.23 bits per heavy atom. The van der Waals surface area contributed by atoms with Crippen LogP contribution in [0.15, 0.2) is 0 Å². The summed E-state index contributed by atoms with van der Waals surface area (Å²) in [4.78, 5) is 11.1. The Kier molecular flexibility index (Phi) is 2.54. The van der Waals surface area contributed by atoms with Gasteiger partial charge in [-0.3, -0.25) is 4.79 Å². The Hall–Kier alpha value is -0.570. The molecule has 74 valence electrons. The number of nitrogens with two attached hydrogens (primary N) is 1. The standard InChI is InChI=1S/C10H18N2O/c11-6-8(7-2-1-3-7)9-4-5-10(13)12-9/h7-9H,1-6,11H2,(H,12,13). The van der Waals surface area contributed by atoms with Gasteiger partial charge < -0.3 is 11.1 Å². The van der Waals surface area contributed by atoms with Gasteiger partial charge in [-0.25, -0.2) is 0 Å². The zero-order valence-electron chi connectivity index (χ0n) is 7.96. The molecule has 1 saturated heterocycles. The molecule has 3 N–H and O–H groups in total. The van der Waals surface area contributed by atoms with Crippen LogP contribution in [0.5, 0.6) is 0 Å². The van der Waals surface area contributed by atoms with E-state index >= 15 is 0 Å². The van der Waals surface area contributed by atoms with Gasteiger partial charge >= 0.3 is 0 Å². The van der Waals surface area contributed by atoms with Crippen LogP contribution >= 0.6 is 0 Å². The van der Waals surface area contributed by atoms with Crippen LogP contribution in [0, 0.1) is 11.8 Å². The van der Waals surface area contributed by atoms with Crippen LogP contribution in [0.25, 0.3) is 0 Å². The average Bonchev–Trinajstić information content (AvgIpc) is 2.43. The van der Waals surface area contributed by atoms with Crippen molar-refractivity contribution in [2.45, 2.75) is 38.1 Å². The van der Waals surface area contributed by atoms with Crippen LogP contribution in [0.3, 0.4) is 0 Å². The molecule has 0 aromatic heterocycles. The number of carbonyl (C=O) groups excluding carboxylic acids is 1. The quantitative estimate of drug-likeness (QED) is 0.673. The molecule has 1 amide bonds. The molecule has 0 spiro atoms. The average molecular weight is 182 g/mol. The van der Waals surface area contributed by atoms with E-state index in [1.165, 1.54) is 19.3 Å². The lowest BCUT2D eigenvalue weighted by molar-refractivity contribution is -0.119. The van der Waals surface area contributed by atoms with Gasteiger partial charge in [0.15, 0.2) is 0 Å². The summed E-state index contributed by atoms with van der Waals surface area (Å²) in [5.74, 6) is 1.54. The molecule has 2 rings (SSSR count). The lowest BCUT2D eigenvalue weighted by Gasteiger charge is -2.36. The number of rotatable bonds is 3. The highest BCUT2D eigenvalue weighted by molar-refractivity contribution is 5.78. The van der Waals surface area contributed by atoms with Crippen LogP contribution in [0.2, 0.25) is 0 Å². The molecule has 0 aromatic rings. The SMILES string of the molecule is NCC(C1CCC1)C1CCC(=O)N1. The molecule has 1 saturated carbocycles. The molecule has 13 heavy (non-hydrogen) atoms. The summed E-state index contributed by atoms with van der Waals surface area (Å²) in [6.07, 6.45) is 5.68. The number of hydrogen-bond acceptors (Lipinski definition) is 2. The summed E-state index contributed by atoms with van der Waals surface area (Å²) in [6.45, 7) is 0.732. The summed E-state index contributed by atoms with van der Waals surface area (Å²) in [5.41, 5.74) is 5.76. The fourth-order valence-electron chi connectivity index (χ4n) is 2.51. The summed E-state index contributed by atoms with van der Waals surface area (Å²) in [5, 5.41) is 3.04. The maximum atomic E-state index is 11.1. The highest BCUT2D eigenvalue weighted by Crippen LogP contribution is 2.36. The smallest absolute Gasteiger partial charge is 0.220 e. The highest BCUT2D eigenvalue weighted by atomic mass is 16.1. The minimum atomic E-state index is 0.211. The van der Waals surface area contributed by atoms with Crippen LogP contribution in [-0.4, -0.2) is 18.5 Å². The monoisotopic (exact) mass is 182 g/mol. The fourth-order valence-corrected chi connectivity index (χ4v) is 2.51. The minimum Gasteiger partial charge on any atom is -0.353 e. The normalized spacial score (nSPS) is 31.2. The first-order valence-corrected chi connectivity index (χ1v) is 5.30. The van der Waals surface area contributed by atoms with Crippen molar-refractivity contribution in [2.24, 2.45) is 17.6 Å². The lowest BCUT2D eigenvalue weighted by Crippen LogP contribution is -2.43. The van der Waals surface area contributed by atoms with Gasteiger partial charge in [-0.2, -0.15) is 0 Å². The van der Waals surface area contributed by atoms with Gasteiger partial charge in [0.05, 0.1) is 0 Å². The van der Waals surface area contributed by atoms with E-state index in [9.17, 15) is 4.79 Å². The Bertz CT molecular complexity index is 201. The van der Waals surface area contributed by atoms with Crippen LogP contribution in [0.4, 0.5) is 0 Å². The van der Waals surface area contributed by atoms with Gasteiger partial charge in [0.1, 0.15) is 0 Å². The maximum Gasteiger partial charge on any atom is 0.220 e. The second-order valence-electron chi connectivity index (χ2n) is 4.30. The number of amides is 1. The Morgan fingerprint density at radius 1 is 1.46 bits per heavy atom. The lowest BCUT2D eigenvalue weighted by atomic mass is 9.72. The zero-order chi connectivity index (χ0) is 9.26. The van der Waals surface area contributed by atoms with Crippen molar-refractivity contribution in [3.63, 3.8) is 0 Å². The number of nitrogens with one attached hydrogen (secondary N) is 1. The summed E-state index contributed by atoms with van der Waals surface area (Å²) in [6, 6.07) is 0.378. The first-order valence-electron chi connectivity index (χ1n) is 5.30. The van der Waals surface area contributed by atoms with Crippen molar-refractivity contribution in [2.75, 3.05) is 6.54 Å². The Labute approximate surface area is 79.1 Å². The fraction of sp³-hybridized carbons (Fsp3) is 0.900. The Morgan fingerprint density at radius 3 is 2.62 bits per heavy atom. The van der Waals surface area contributed by atoms with Gasteiger partial charge in [0, 0.05) is 12.5 Å². The molecule has 1 heterocycles. The topological polar surface area (TPSA) is 55.1 Å². The van der Waals surface area contributed by atoms with Crippen molar-refractivity contribution >= 4 is 5.91 Å². The van der Waals surface area contributed by atoms with Gasteiger partial charge in [-0.05, 0) is 24.8 Å². The molecule has 0 bridgehead atoms. The van der Waals surface area contributed by atoms with Crippen molar-refractivity contribution in [1.29, 1.82) is 0 Å². The van der Waals surface area contributed by atoms with Gasteiger partial charge in [0.2, 0.25) is 5.91 Å². The van der Waals surface area contributed by atoms with Crippen LogP contribution in [-0.2, 0) is 4.79 Å². The molecular weight excluding hydrogens is 164 g/mol. The van der Waals surface area contributed by atoms with E-state index in [1.807, 2.05) is 0 Å². The third-order valence-corrected chi connectivity index (χ3v) is 3.57. The zero-order valence-corrected chi connectivity index (χ0v) is 7.96. The molecule has 2 aliphatic rings. The van der Waals surface area contributed by atoms with Crippen LogP contribution in [0.1, 0.15) is 32.1 Å². The van der Waals surface area contributed by atoms with Crippen molar-refractivity contribution in [3.05, 3.63) is 0 Å². The molecule has 2 unspecified atom stereocenters. The van der Waals surface area contributed by atoms with E-state index in [4.69, 9.17) is 5.73 Å². The predicted molar refractivity (Wildman–Crippen MR) is 51.1 cm³/mol. The molecular formula is C10H18N2O. The van der Waals surface area contributed by atoms with Gasteiger partial charge in [0.25, 0.3) is 0 Å². The van der Waals surface area contributed by atoms with Crippen molar-refractivity contribution in [1.82, 2.24) is 5.32 Å². The van der Waals surface area contributed by atoms with Crippen molar-refractivity contribution in [3.8, 4) is 0 Å². The molecule has 3 nitrogen and oxygen atoms in total. The molecule has 0 radical (unpaired) electrons. The Balaban J connectivity index is 1.91. The van der Waals surface area contributed by atoms with E-state index < -0.39 is 0 Å². The molecule has 2 atom stereocenters. The van der Waals surface area contributed by atoms with E-state index in [0.29, 0.717) is 18.4 Å². The molecule has 3 heteroatoms. The summed E-state index contributed by atoms with van der Waals surface area (Å²) >= 11 is 0. The van der Waals surface area contributed by atoms with E-state index in [2.05, 4.69) is 5.32 Å². The van der Waals surface area contributed by atoms with Gasteiger partial charge in [-0.15, -0.1) is 0 Å². The second kappa shape index (κ2) is 3.66. The predicted octanol–water partition coefficient (Wildman–Crippen LogP) is 0.640. The third kappa shape index (κ3) is 1.70. The van der Waals surface area contributed by atoms with Gasteiger partial charge in [-0.1, -0.05) is 19.3 Å². The number of carbonyl (C=O) groups is 1. The minimum absolute atomic E-state index is 0.211. The highest BCUT2D eigenvalue weighted by Gasteiger charge is 2.35. The van der Waals surface area contributed by atoms with E-state index in [-0.39, 0.29) is 5.91 Å². The third-order valence-electron chi connectivity index (χ3n) is 3.57. The first-order chi connectivity index (χ1) is 6.31. The van der Waals surface area contributed by atoms with E-state index in [0.717, 1.165) is 18.9 Å². The second-order valence-corrected chi connectivity index (χ2v) is 4.30.